The van der Waals surface area contributed by atoms with Crippen LogP contribution in [0.25, 0.3) is 0 Å². The molecule has 27 heavy (non-hydrogen) atoms. The smallest absolute Gasteiger partial charge is 0.313 e. The van der Waals surface area contributed by atoms with Gasteiger partial charge in [0, 0.05) is 23.7 Å². The van der Waals surface area contributed by atoms with Crippen LogP contribution in [0.1, 0.15) is 31.2 Å². The molecule has 1 aromatic carbocycles. The number of carbonyl (C=O) groups excluding carboxylic acids is 2. The highest BCUT2D eigenvalue weighted by Gasteiger charge is 2.36. The van der Waals surface area contributed by atoms with Crippen LogP contribution in [0.4, 0.5) is 5.69 Å². The molecular formula is C20H24N2O4S. The average Bonchev–Trinajstić information content (AvgIpc) is 3.38. The Bertz CT molecular complexity index is 798. The Morgan fingerprint density at radius 3 is 2.44 bits per heavy atom. The fourth-order valence-electron chi connectivity index (χ4n) is 3.62. The van der Waals surface area contributed by atoms with E-state index in [2.05, 4.69) is 27.5 Å². The Hall–Kier alpha value is -2.54. The molecule has 0 unspecified atom stereocenters. The molecule has 0 atom stereocenters. The fourth-order valence-corrected chi connectivity index (χ4v) is 4.40. The highest BCUT2D eigenvalue weighted by atomic mass is 32.1. The lowest BCUT2D eigenvalue weighted by molar-refractivity contribution is -0.136. The molecule has 1 aliphatic rings. The van der Waals surface area contributed by atoms with Crippen molar-refractivity contribution in [3.8, 4) is 11.5 Å². The van der Waals surface area contributed by atoms with Gasteiger partial charge in [0.1, 0.15) is 0 Å². The van der Waals surface area contributed by atoms with Crippen molar-refractivity contribution in [2.75, 3.05) is 26.1 Å². The first-order valence-electron chi connectivity index (χ1n) is 8.92. The van der Waals surface area contributed by atoms with Crippen molar-refractivity contribution in [3.05, 3.63) is 40.6 Å². The number of anilines is 1. The van der Waals surface area contributed by atoms with E-state index in [0.29, 0.717) is 23.7 Å². The van der Waals surface area contributed by atoms with E-state index in [-0.39, 0.29) is 5.41 Å². The zero-order valence-electron chi connectivity index (χ0n) is 15.5. The van der Waals surface area contributed by atoms with E-state index >= 15 is 0 Å². The van der Waals surface area contributed by atoms with E-state index in [1.165, 1.54) is 19.8 Å². The molecule has 1 aliphatic carbocycles. The number of methoxy groups -OCH3 is 2. The van der Waals surface area contributed by atoms with Gasteiger partial charge in [-0.15, -0.1) is 0 Å². The number of carbonyl (C=O) groups is 2. The molecule has 0 radical (unpaired) electrons. The van der Waals surface area contributed by atoms with Gasteiger partial charge in [0.25, 0.3) is 0 Å². The SMILES string of the molecule is COc1ccc(NC(=O)C(=O)NCC2(c3ccsc3)CCCC2)cc1OC. The summed E-state index contributed by atoms with van der Waals surface area (Å²) in [5, 5.41) is 9.63. The standard InChI is InChI=1S/C20H24N2O4S/c1-25-16-6-5-15(11-17(16)26-2)22-19(24)18(23)21-13-20(8-3-4-9-20)14-7-10-27-12-14/h5-7,10-12H,3-4,8-9,13H2,1-2H3,(H,21,23)(H,22,24). The molecule has 7 heteroatoms. The lowest BCUT2D eigenvalue weighted by Gasteiger charge is -2.28. The summed E-state index contributed by atoms with van der Waals surface area (Å²) >= 11 is 1.66. The summed E-state index contributed by atoms with van der Waals surface area (Å²) in [6, 6.07) is 7.08. The predicted octanol–water partition coefficient (Wildman–Crippen LogP) is 3.33. The number of amides is 2. The van der Waals surface area contributed by atoms with Gasteiger partial charge < -0.3 is 20.1 Å². The number of ether oxygens (including phenoxy) is 2. The maximum atomic E-state index is 12.3. The number of benzene rings is 1. The molecule has 0 bridgehead atoms. The van der Waals surface area contributed by atoms with Crippen LogP contribution in [0.3, 0.4) is 0 Å². The first-order chi connectivity index (χ1) is 13.1. The minimum atomic E-state index is -0.694. The molecule has 2 N–H and O–H groups in total. The van der Waals surface area contributed by atoms with Gasteiger partial charge in [0.15, 0.2) is 11.5 Å². The molecule has 1 saturated carbocycles. The molecule has 0 spiro atoms. The second kappa shape index (κ2) is 8.43. The molecule has 144 valence electrons. The number of thiophene rings is 1. The molecule has 2 aromatic rings. The topological polar surface area (TPSA) is 76.7 Å². The Morgan fingerprint density at radius 1 is 1.07 bits per heavy atom. The lowest BCUT2D eigenvalue weighted by Crippen LogP contribution is -2.43. The van der Waals surface area contributed by atoms with Gasteiger partial charge in [-0.1, -0.05) is 12.8 Å². The molecule has 0 saturated heterocycles. The molecule has 1 heterocycles. The summed E-state index contributed by atoms with van der Waals surface area (Å²) in [5.41, 5.74) is 1.67. The van der Waals surface area contributed by atoms with Gasteiger partial charge in [0.05, 0.1) is 14.2 Å². The zero-order chi connectivity index (χ0) is 19.3. The molecule has 0 aliphatic heterocycles. The molecule has 6 nitrogen and oxygen atoms in total. The van der Waals surface area contributed by atoms with Gasteiger partial charge >= 0.3 is 11.8 Å². The third kappa shape index (κ3) is 4.24. The third-order valence-corrected chi connectivity index (χ3v) is 5.81. The number of rotatable bonds is 6. The molecule has 1 fully saturated rings. The van der Waals surface area contributed by atoms with Crippen molar-refractivity contribution in [2.24, 2.45) is 0 Å². The first kappa shape index (κ1) is 19.2. The summed E-state index contributed by atoms with van der Waals surface area (Å²) in [5.74, 6) is -0.288. The maximum absolute atomic E-state index is 12.3. The Morgan fingerprint density at radius 2 is 1.81 bits per heavy atom. The summed E-state index contributed by atoms with van der Waals surface area (Å²) in [6.45, 7) is 0.474. The van der Waals surface area contributed by atoms with Crippen LogP contribution in [-0.2, 0) is 15.0 Å². The van der Waals surface area contributed by atoms with Crippen LogP contribution < -0.4 is 20.1 Å². The molecule has 2 amide bonds. The summed E-state index contributed by atoms with van der Waals surface area (Å²) < 4.78 is 10.4. The number of hydrogen-bond donors (Lipinski definition) is 2. The van der Waals surface area contributed by atoms with Gasteiger partial charge in [-0.3, -0.25) is 9.59 Å². The summed E-state index contributed by atoms with van der Waals surface area (Å²) in [6.07, 6.45) is 4.34. The Balaban J connectivity index is 1.62. The van der Waals surface area contributed by atoms with Crippen LogP contribution >= 0.6 is 11.3 Å². The largest absolute Gasteiger partial charge is 0.493 e. The number of nitrogens with one attached hydrogen (secondary N) is 2. The van der Waals surface area contributed by atoms with Crippen LogP contribution in [0.15, 0.2) is 35.0 Å². The lowest BCUT2D eigenvalue weighted by atomic mass is 9.80. The van der Waals surface area contributed by atoms with Crippen molar-refractivity contribution < 1.29 is 19.1 Å². The Kier molecular flexibility index (Phi) is 6.01. The minimum Gasteiger partial charge on any atom is -0.493 e. The van der Waals surface area contributed by atoms with E-state index in [4.69, 9.17) is 9.47 Å². The average molecular weight is 388 g/mol. The van der Waals surface area contributed by atoms with Crippen LogP contribution in [0.2, 0.25) is 0 Å². The van der Waals surface area contributed by atoms with Gasteiger partial charge in [-0.25, -0.2) is 0 Å². The molecule has 3 rings (SSSR count). The maximum Gasteiger partial charge on any atom is 0.313 e. The van der Waals surface area contributed by atoms with E-state index in [1.807, 2.05) is 0 Å². The first-order valence-corrected chi connectivity index (χ1v) is 9.86. The fraction of sp³-hybridized carbons (Fsp3) is 0.400. The van der Waals surface area contributed by atoms with Crippen molar-refractivity contribution in [3.63, 3.8) is 0 Å². The van der Waals surface area contributed by atoms with Crippen molar-refractivity contribution in [1.82, 2.24) is 5.32 Å². The van der Waals surface area contributed by atoms with E-state index in [1.54, 1.807) is 29.5 Å². The third-order valence-electron chi connectivity index (χ3n) is 5.13. The van der Waals surface area contributed by atoms with Gasteiger partial charge in [0.2, 0.25) is 0 Å². The van der Waals surface area contributed by atoms with Crippen molar-refractivity contribution in [2.45, 2.75) is 31.1 Å². The summed E-state index contributed by atoms with van der Waals surface area (Å²) in [7, 11) is 3.05. The second-order valence-corrected chi connectivity index (χ2v) is 7.49. The van der Waals surface area contributed by atoms with Crippen LogP contribution in [-0.4, -0.2) is 32.6 Å². The predicted molar refractivity (Wildman–Crippen MR) is 106 cm³/mol. The van der Waals surface area contributed by atoms with Crippen molar-refractivity contribution >= 4 is 28.8 Å². The molecule has 1 aromatic heterocycles. The monoisotopic (exact) mass is 388 g/mol. The Labute approximate surface area is 162 Å². The molecular weight excluding hydrogens is 364 g/mol. The van der Waals surface area contributed by atoms with Gasteiger partial charge in [-0.05, 0) is 47.4 Å². The zero-order valence-corrected chi connectivity index (χ0v) is 16.4. The normalized spacial score (nSPS) is 15.2. The quantitative estimate of drug-likeness (QED) is 0.744. The van der Waals surface area contributed by atoms with E-state index in [9.17, 15) is 9.59 Å². The highest BCUT2D eigenvalue weighted by Crippen LogP contribution is 2.41. The highest BCUT2D eigenvalue weighted by molar-refractivity contribution is 7.08. The second-order valence-electron chi connectivity index (χ2n) is 6.71. The van der Waals surface area contributed by atoms with Crippen molar-refractivity contribution in [1.29, 1.82) is 0 Å². The summed E-state index contributed by atoms with van der Waals surface area (Å²) in [4.78, 5) is 24.6. The van der Waals surface area contributed by atoms with Crippen LogP contribution in [0.5, 0.6) is 11.5 Å². The van der Waals surface area contributed by atoms with Gasteiger partial charge in [-0.2, -0.15) is 11.3 Å². The van der Waals surface area contributed by atoms with E-state index < -0.39 is 11.8 Å². The van der Waals surface area contributed by atoms with Crippen LogP contribution in [0, 0.1) is 0 Å². The number of hydrogen-bond acceptors (Lipinski definition) is 5. The minimum absolute atomic E-state index is 0.0563. The van der Waals surface area contributed by atoms with E-state index in [0.717, 1.165) is 25.7 Å².